The molecule has 0 fully saturated rings. The van der Waals surface area contributed by atoms with E-state index >= 15 is 0 Å². The van der Waals surface area contributed by atoms with Crippen molar-refractivity contribution in [1.29, 1.82) is 5.26 Å². The van der Waals surface area contributed by atoms with Crippen molar-refractivity contribution in [3.05, 3.63) is 82.1 Å². The number of carboxylic acids is 1. The first-order chi connectivity index (χ1) is 14.9. The molecule has 0 spiro atoms. The first-order valence-corrected chi connectivity index (χ1v) is 9.45. The van der Waals surface area contributed by atoms with Gasteiger partial charge in [-0.15, -0.1) is 0 Å². The Morgan fingerprint density at radius 3 is 2.58 bits per heavy atom. The van der Waals surface area contributed by atoms with Crippen LogP contribution in [0, 0.1) is 11.3 Å². The highest BCUT2D eigenvalue weighted by Gasteiger charge is 2.14. The Morgan fingerprint density at radius 1 is 1.19 bits per heavy atom. The molecule has 2 N–H and O–H groups in total. The summed E-state index contributed by atoms with van der Waals surface area (Å²) in [6.07, 6.45) is 1.32. The summed E-state index contributed by atoms with van der Waals surface area (Å²) in [5, 5.41) is 21.4. The fourth-order valence-corrected chi connectivity index (χ4v) is 2.94. The zero-order chi connectivity index (χ0) is 22.4. The largest absolute Gasteiger partial charge is 0.497 e. The van der Waals surface area contributed by atoms with E-state index in [4.69, 9.17) is 20.8 Å². The normalized spacial score (nSPS) is 10.9. The van der Waals surface area contributed by atoms with E-state index in [2.05, 4.69) is 5.32 Å². The fraction of sp³-hybridized carbons (Fsp3) is 0.0870. The van der Waals surface area contributed by atoms with Crippen LogP contribution in [0.3, 0.4) is 0 Å². The van der Waals surface area contributed by atoms with Gasteiger partial charge in [-0.05, 0) is 48.0 Å². The Bertz CT molecular complexity index is 1190. The summed E-state index contributed by atoms with van der Waals surface area (Å²) in [7, 11) is 1.57. The maximum atomic E-state index is 12.4. The number of amides is 1. The van der Waals surface area contributed by atoms with Crippen molar-refractivity contribution in [2.45, 2.75) is 6.54 Å². The van der Waals surface area contributed by atoms with E-state index in [-0.39, 0.29) is 28.5 Å². The number of nitriles is 1. The number of benzene rings is 2. The Morgan fingerprint density at radius 2 is 1.94 bits per heavy atom. The number of ether oxygens (including phenoxy) is 1. The summed E-state index contributed by atoms with van der Waals surface area (Å²) in [4.78, 5) is 23.6. The van der Waals surface area contributed by atoms with E-state index < -0.39 is 11.9 Å². The molecule has 31 heavy (non-hydrogen) atoms. The summed E-state index contributed by atoms with van der Waals surface area (Å²) in [6.45, 7) is 0.244. The number of aromatic carboxylic acids is 1. The highest BCUT2D eigenvalue weighted by molar-refractivity contribution is 6.33. The van der Waals surface area contributed by atoms with Gasteiger partial charge in [-0.2, -0.15) is 5.26 Å². The van der Waals surface area contributed by atoms with Crippen LogP contribution in [0.2, 0.25) is 5.02 Å². The minimum atomic E-state index is -1.15. The van der Waals surface area contributed by atoms with Gasteiger partial charge in [0.25, 0.3) is 5.91 Å². The first-order valence-electron chi connectivity index (χ1n) is 9.07. The zero-order valence-electron chi connectivity index (χ0n) is 16.4. The average Bonchev–Trinajstić information content (AvgIpc) is 3.25. The van der Waals surface area contributed by atoms with Crippen LogP contribution in [0.25, 0.3) is 17.4 Å². The number of hydrogen-bond acceptors (Lipinski definition) is 5. The number of nitrogens with one attached hydrogen (secondary N) is 1. The van der Waals surface area contributed by atoms with Gasteiger partial charge < -0.3 is 19.6 Å². The number of nitrogens with zero attached hydrogens (tertiary/aromatic N) is 1. The third kappa shape index (κ3) is 5.32. The molecule has 7 nitrogen and oxygen atoms in total. The first kappa shape index (κ1) is 21.7. The van der Waals surface area contributed by atoms with Crippen LogP contribution in [0.4, 0.5) is 0 Å². The summed E-state index contributed by atoms with van der Waals surface area (Å²) in [5.41, 5.74) is 1.17. The highest BCUT2D eigenvalue weighted by Crippen LogP contribution is 2.27. The topological polar surface area (TPSA) is 113 Å². The SMILES string of the molecule is COc1ccc(CNC(=O)/C(C#N)=C/c2ccc(-c3ccc(Cl)c(C(=O)O)c3)o2)cc1. The van der Waals surface area contributed by atoms with Crippen molar-refractivity contribution < 1.29 is 23.8 Å². The van der Waals surface area contributed by atoms with Crippen molar-refractivity contribution in [1.82, 2.24) is 5.32 Å². The molecule has 0 aliphatic heterocycles. The van der Waals surface area contributed by atoms with Gasteiger partial charge in [0.15, 0.2) is 0 Å². The zero-order valence-corrected chi connectivity index (χ0v) is 17.1. The number of carbonyl (C=O) groups is 2. The average molecular weight is 437 g/mol. The van der Waals surface area contributed by atoms with Gasteiger partial charge in [-0.1, -0.05) is 23.7 Å². The molecule has 0 saturated carbocycles. The lowest BCUT2D eigenvalue weighted by Crippen LogP contribution is -2.23. The second kappa shape index (κ2) is 9.65. The van der Waals surface area contributed by atoms with Crippen LogP contribution in [-0.4, -0.2) is 24.1 Å². The molecule has 8 heteroatoms. The van der Waals surface area contributed by atoms with Crippen LogP contribution < -0.4 is 10.1 Å². The minimum absolute atomic E-state index is 0.0525. The number of rotatable bonds is 7. The molecule has 3 rings (SSSR count). The quantitative estimate of drug-likeness (QED) is 0.415. The van der Waals surface area contributed by atoms with Crippen molar-refractivity contribution in [3.63, 3.8) is 0 Å². The van der Waals surface area contributed by atoms with Crippen molar-refractivity contribution in [2.24, 2.45) is 0 Å². The molecule has 0 aliphatic rings. The van der Waals surface area contributed by atoms with Crippen LogP contribution in [0.1, 0.15) is 21.7 Å². The molecule has 3 aromatic rings. The maximum absolute atomic E-state index is 12.4. The monoisotopic (exact) mass is 436 g/mol. The number of furan rings is 1. The fourth-order valence-electron chi connectivity index (χ4n) is 2.74. The van der Waals surface area contributed by atoms with Gasteiger partial charge in [0.05, 0.1) is 17.7 Å². The van der Waals surface area contributed by atoms with E-state index in [0.717, 1.165) is 5.56 Å². The van der Waals surface area contributed by atoms with Crippen molar-refractivity contribution in [3.8, 4) is 23.1 Å². The van der Waals surface area contributed by atoms with E-state index in [9.17, 15) is 20.0 Å². The molecule has 0 radical (unpaired) electrons. The minimum Gasteiger partial charge on any atom is -0.497 e. The van der Waals surface area contributed by atoms with Gasteiger partial charge in [0.1, 0.15) is 28.9 Å². The summed E-state index contributed by atoms with van der Waals surface area (Å²) < 4.78 is 10.7. The van der Waals surface area contributed by atoms with Crippen molar-refractivity contribution in [2.75, 3.05) is 7.11 Å². The Hall–Kier alpha value is -4.02. The van der Waals surface area contributed by atoms with E-state index in [0.29, 0.717) is 17.1 Å². The molecule has 0 aliphatic carbocycles. The third-order valence-corrected chi connectivity index (χ3v) is 4.70. The molecular weight excluding hydrogens is 420 g/mol. The number of hydrogen-bond donors (Lipinski definition) is 2. The third-order valence-electron chi connectivity index (χ3n) is 4.37. The molecule has 1 aromatic heterocycles. The molecule has 0 atom stereocenters. The lowest BCUT2D eigenvalue weighted by atomic mass is 10.1. The van der Waals surface area contributed by atoms with E-state index in [1.165, 1.54) is 18.2 Å². The highest BCUT2D eigenvalue weighted by atomic mass is 35.5. The predicted octanol–water partition coefficient (Wildman–Crippen LogP) is 4.53. The van der Waals surface area contributed by atoms with Gasteiger partial charge in [-0.3, -0.25) is 4.79 Å². The summed E-state index contributed by atoms with van der Waals surface area (Å²) in [5.74, 6) is -0.341. The second-order valence-electron chi connectivity index (χ2n) is 6.40. The molecule has 1 heterocycles. The van der Waals surface area contributed by atoms with Gasteiger partial charge in [0, 0.05) is 18.2 Å². The molecule has 2 aromatic carbocycles. The molecular formula is C23H17ClN2O5. The maximum Gasteiger partial charge on any atom is 0.337 e. The van der Waals surface area contributed by atoms with Crippen LogP contribution in [-0.2, 0) is 11.3 Å². The molecule has 0 bridgehead atoms. The molecule has 0 saturated heterocycles. The molecule has 156 valence electrons. The Labute approximate surface area is 183 Å². The molecule has 1 amide bonds. The van der Waals surface area contributed by atoms with Gasteiger partial charge in [0.2, 0.25) is 0 Å². The van der Waals surface area contributed by atoms with Crippen molar-refractivity contribution >= 4 is 29.6 Å². The molecule has 0 unspecified atom stereocenters. The number of methoxy groups -OCH3 is 1. The lowest BCUT2D eigenvalue weighted by Gasteiger charge is -2.05. The predicted molar refractivity (Wildman–Crippen MR) is 115 cm³/mol. The van der Waals surface area contributed by atoms with E-state index in [1.54, 1.807) is 37.4 Å². The Balaban J connectivity index is 1.73. The summed E-state index contributed by atoms with van der Waals surface area (Å²) >= 11 is 5.89. The second-order valence-corrected chi connectivity index (χ2v) is 6.81. The summed E-state index contributed by atoms with van der Waals surface area (Å²) in [6, 6.07) is 16.7. The number of carboxylic acid groups (broad SMARTS) is 1. The van der Waals surface area contributed by atoms with E-state index in [1.807, 2.05) is 18.2 Å². The lowest BCUT2D eigenvalue weighted by molar-refractivity contribution is -0.117. The number of carbonyl (C=O) groups excluding carboxylic acids is 1. The van der Waals surface area contributed by atoms with Gasteiger partial charge in [-0.25, -0.2) is 4.79 Å². The number of halogens is 1. The van der Waals surface area contributed by atoms with Gasteiger partial charge >= 0.3 is 5.97 Å². The van der Waals surface area contributed by atoms with Crippen LogP contribution >= 0.6 is 11.6 Å². The van der Waals surface area contributed by atoms with Crippen LogP contribution in [0.15, 0.2) is 64.6 Å². The standard InChI is InChI=1S/C23H17ClN2O5/c1-30-17-5-2-14(3-6-17)13-26-22(27)16(12-25)10-18-7-9-21(31-18)15-4-8-20(24)19(11-15)23(28)29/h2-11H,13H2,1H3,(H,26,27)(H,28,29)/b16-10+. The van der Waals surface area contributed by atoms with Crippen LogP contribution in [0.5, 0.6) is 5.75 Å². The smallest absolute Gasteiger partial charge is 0.337 e. The Kier molecular flexibility index (Phi) is 6.75.